The molecule has 0 aliphatic carbocycles. The van der Waals surface area contributed by atoms with Gasteiger partial charge in [0.15, 0.2) is 0 Å². The van der Waals surface area contributed by atoms with Crippen LogP contribution in [0.2, 0.25) is 0 Å². The highest BCUT2D eigenvalue weighted by atomic mass is 19.4. The average Bonchev–Trinajstić information content (AvgIpc) is 2.25. The summed E-state index contributed by atoms with van der Waals surface area (Å²) in [5, 5.41) is 0. The SMILES string of the molecule is CCOC(=O)CCc1ccc(C(F)(F)F)c(F)c1. The van der Waals surface area contributed by atoms with Crippen molar-refractivity contribution in [1.82, 2.24) is 0 Å². The lowest BCUT2D eigenvalue weighted by Gasteiger charge is -2.09. The molecule has 0 unspecified atom stereocenters. The molecule has 0 fully saturated rings. The normalized spacial score (nSPS) is 11.4. The Morgan fingerprint density at radius 3 is 2.50 bits per heavy atom. The van der Waals surface area contributed by atoms with Crippen LogP contribution in [0.4, 0.5) is 17.6 Å². The third-order valence-corrected chi connectivity index (χ3v) is 2.26. The van der Waals surface area contributed by atoms with Crippen LogP contribution in [0.15, 0.2) is 18.2 Å². The smallest absolute Gasteiger partial charge is 0.419 e. The third-order valence-electron chi connectivity index (χ3n) is 2.26. The van der Waals surface area contributed by atoms with Gasteiger partial charge in [0.25, 0.3) is 0 Å². The van der Waals surface area contributed by atoms with E-state index in [4.69, 9.17) is 0 Å². The van der Waals surface area contributed by atoms with E-state index in [-0.39, 0.29) is 19.4 Å². The summed E-state index contributed by atoms with van der Waals surface area (Å²) in [7, 11) is 0. The molecule has 0 heterocycles. The molecule has 0 saturated heterocycles. The van der Waals surface area contributed by atoms with Gasteiger partial charge in [0.2, 0.25) is 0 Å². The van der Waals surface area contributed by atoms with Crippen molar-refractivity contribution >= 4 is 5.97 Å². The third kappa shape index (κ3) is 4.01. The Balaban J connectivity index is 2.71. The van der Waals surface area contributed by atoms with Crippen molar-refractivity contribution in [3.05, 3.63) is 35.1 Å². The predicted molar refractivity (Wildman–Crippen MR) is 56.4 cm³/mol. The predicted octanol–water partition coefficient (Wildman–Crippen LogP) is 3.34. The number of rotatable bonds is 4. The summed E-state index contributed by atoms with van der Waals surface area (Å²) in [5.41, 5.74) is -0.976. The first-order valence-corrected chi connectivity index (χ1v) is 5.36. The number of hydrogen-bond donors (Lipinski definition) is 0. The molecule has 2 nitrogen and oxygen atoms in total. The zero-order valence-electron chi connectivity index (χ0n) is 9.68. The largest absolute Gasteiger partial charge is 0.466 e. The van der Waals surface area contributed by atoms with Gasteiger partial charge in [-0.2, -0.15) is 13.2 Å². The van der Waals surface area contributed by atoms with E-state index < -0.39 is 23.5 Å². The molecule has 0 aromatic heterocycles. The summed E-state index contributed by atoms with van der Waals surface area (Å²) in [6, 6.07) is 2.63. The standard InChI is InChI=1S/C12H12F4O2/c1-2-18-11(17)6-4-8-3-5-9(10(13)7-8)12(14,15)16/h3,5,7H,2,4,6H2,1H3. The van der Waals surface area contributed by atoms with E-state index in [1.165, 1.54) is 0 Å². The molecule has 0 aliphatic rings. The van der Waals surface area contributed by atoms with Crippen LogP contribution in [0.3, 0.4) is 0 Å². The van der Waals surface area contributed by atoms with Gasteiger partial charge in [0.1, 0.15) is 5.82 Å². The molecule has 0 atom stereocenters. The van der Waals surface area contributed by atoms with Crippen molar-refractivity contribution in [1.29, 1.82) is 0 Å². The second kappa shape index (κ2) is 5.84. The van der Waals surface area contributed by atoms with Crippen LogP contribution in [0.1, 0.15) is 24.5 Å². The van der Waals surface area contributed by atoms with E-state index >= 15 is 0 Å². The van der Waals surface area contributed by atoms with Gasteiger partial charge in [-0.05, 0) is 31.0 Å². The Kier molecular flexibility index (Phi) is 4.69. The molecule has 0 spiro atoms. The van der Waals surface area contributed by atoms with Crippen LogP contribution in [0, 0.1) is 5.82 Å². The fourth-order valence-electron chi connectivity index (χ4n) is 1.42. The van der Waals surface area contributed by atoms with Crippen LogP contribution in [-0.2, 0) is 22.1 Å². The Morgan fingerprint density at radius 1 is 1.33 bits per heavy atom. The molecule has 0 amide bonds. The van der Waals surface area contributed by atoms with Crippen molar-refractivity contribution in [2.75, 3.05) is 6.61 Å². The number of benzene rings is 1. The molecule has 0 aliphatic heterocycles. The van der Waals surface area contributed by atoms with E-state index in [2.05, 4.69) is 4.74 Å². The highest BCUT2D eigenvalue weighted by Gasteiger charge is 2.33. The summed E-state index contributed by atoms with van der Waals surface area (Å²) in [6.07, 6.45) is -4.55. The van der Waals surface area contributed by atoms with Crippen molar-refractivity contribution in [3.63, 3.8) is 0 Å². The molecule has 0 N–H and O–H groups in total. The Bertz CT molecular complexity index is 427. The quantitative estimate of drug-likeness (QED) is 0.616. The number of esters is 1. The Hall–Kier alpha value is -1.59. The van der Waals surface area contributed by atoms with Gasteiger partial charge in [-0.1, -0.05) is 6.07 Å². The van der Waals surface area contributed by atoms with Gasteiger partial charge in [-0.25, -0.2) is 4.39 Å². The molecular weight excluding hydrogens is 252 g/mol. The van der Waals surface area contributed by atoms with Gasteiger partial charge >= 0.3 is 12.1 Å². The average molecular weight is 264 g/mol. The number of carbonyl (C=O) groups excluding carboxylic acids is 1. The molecule has 0 radical (unpaired) electrons. The second-order valence-electron chi connectivity index (χ2n) is 3.62. The van der Waals surface area contributed by atoms with E-state index in [9.17, 15) is 22.4 Å². The summed E-state index contributed by atoms with van der Waals surface area (Å²) in [6.45, 7) is 1.88. The zero-order valence-corrected chi connectivity index (χ0v) is 9.68. The Morgan fingerprint density at radius 2 is 2.00 bits per heavy atom. The zero-order chi connectivity index (χ0) is 13.8. The van der Waals surface area contributed by atoms with Crippen molar-refractivity contribution < 1.29 is 27.1 Å². The lowest BCUT2D eigenvalue weighted by atomic mass is 10.1. The molecule has 0 bridgehead atoms. The summed E-state index contributed by atoms with van der Waals surface area (Å²) in [5.74, 6) is -1.79. The maximum Gasteiger partial charge on any atom is 0.419 e. The van der Waals surface area contributed by atoms with Gasteiger partial charge in [-0.15, -0.1) is 0 Å². The van der Waals surface area contributed by atoms with E-state index in [0.717, 1.165) is 12.1 Å². The summed E-state index contributed by atoms with van der Waals surface area (Å²) >= 11 is 0. The number of carbonyl (C=O) groups is 1. The van der Waals surface area contributed by atoms with Crippen molar-refractivity contribution in [2.24, 2.45) is 0 Å². The molecule has 6 heteroatoms. The molecule has 100 valence electrons. The number of ether oxygens (including phenoxy) is 1. The second-order valence-corrected chi connectivity index (χ2v) is 3.62. The number of alkyl halides is 3. The van der Waals surface area contributed by atoms with Gasteiger partial charge in [-0.3, -0.25) is 4.79 Å². The molecular formula is C12H12F4O2. The minimum atomic E-state index is -4.70. The van der Waals surface area contributed by atoms with Crippen molar-refractivity contribution in [3.8, 4) is 0 Å². The first kappa shape index (κ1) is 14.5. The first-order valence-electron chi connectivity index (χ1n) is 5.36. The van der Waals surface area contributed by atoms with Crippen LogP contribution >= 0.6 is 0 Å². The van der Waals surface area contributed by atoms with Crippen LogP contribution in [0.5, 0.6) is 0 Å². The Labute approximate surface area is 102 Å². The lowest BCUT2D eigenvalue weighted by Crippen LogP contribution is -2.09. The fourth-order valence-corrected chi connectivity index (χ4v) is 1.42. The van der Waals surface area contributed by atoms with Crippen LogP contribution in [-0.4, -0.2) is 12.6 Å². The topological polar surface area (TPSA) is 26.3 Å². The number of aryl methyl sites for hydroxylation is 1. The van der Waals surface area contributed by atoms with Crippen LogP contribution < -0.4 is 0 Å². The number of hydrogen-bond acceptors (Lipinski definition) is 2. The lowest BCUT2D eigenvalue weighted by molar-refractivity contribution is -0.143. The van der Waals surface area contributed by atoms with Crippen molar-refractivity contribution in [2.45, 2.75) is 25.9 Å². The van der Waals surface area contributed by atoms with Gasteiger partial charge < -0.3 is 4.74 Å². The van der Waals surface area contributed by atoms with E-state index in [0.29, 0.717) is 11.6 Å². The molecule has 1 aromatic rings. The highest BCUT2D eigenvalue weighted by molar-refractivity contribution is 5.69. The highest BCUT2D eigenvalue weighted by Crippen LogP contribution is 2.31. The van der Waals surface area contributed by atoms with E-state index in [1.54, 1.807) is 6.92 Å². The molecule has 1 aromatic carbocycles. The molecule has 18 heavy (non-hydrogen) atoms. The minimum absolute atomic E-state index is 0.0125. The van der Waals surface area contributed by atoms with E-state index in [1.807, 2.05) is 0 Å². The monoisotopic (exact) mass is 264 g/mol. The maximum absolute atomic E-state index is 13.2. The van der Waals surface area contributed by atoms with Gasteiger partial charge in [0, 0.05) is 6.42 Å². The van der Waals surface area contributed by atoms with Gasteiger partial charge in [0.05, 0.1) is 12.2 Å². The first-order chi connectivity index (χ1) is 8.34. The van der Waals surface area contributed by atoms with Crippen LogP contribution in [0.25, 0.3) is 0 Å². The number of halogens is 4. The fraction of sp³-hybridized carbons (Fsp3) is 0.417. The minimum Gasteiger partial charge on any atom is -0.466 e. The molecule has 1 rings (SSSR count). The summed E-state index contributed by atoms with van der Waals surface area (Å²) in [4.78, 5) is 11.0. The summed E-state index contributed by atoms with van der Waals surface area (Å²) < 4.78 is 54.7. The molecule has 0 saturated carbocycles. The maximum atomic E-state index is 13.2.